The third kappa shape index (κ3) is 5.17. The first-order valence-corrected chi connectivity index (χ1v) is 8.85. The molecule has 1 fully saturated rings. The zero-order valence-corrected chi connectivity index (χ0v) is 14.7. The van der Waals surface area contributed by atoms with Crippen LogP contribution in [0.4, 0.5) is 11.4 Å². The summed E-state index contributed by atoms with van der Waals surface area (Å²) < 4.78 is 17.9. The van der Waals surface area contributed by atoms with Crippen molar-refractivity contribution in [2.24, 2.45) is 0 Å². The van der Waals surface area contributed by atoms with Crippen molar-refractivity contribution in [2.45, 2.75) is 45.5 Å². The summed E-state index contributed by atoms with van der Waals surface area (Å²) in [5, 5.41) is 8.98. The van der Waals surface area contributed by atoms with Gasteiger partial charge in [-0.05, 0) is 18.9 Å². The number of ether oxygens (including phenoxy) is 3. The molecule has 6 nitrogen and oxygen atoms in total. The van der Waals surface area contributed by atoms with Gasteiger partial charge in [-0.2, -0.15) is 0 Å². The van der Waals surface area contributed by atoms with E-state index in [4.69, 9.17) is 19.6 Å². The van der Waals surface area contributed by atoms with Crippen LogP contribution in [0.2, 0.25) is 0 Å². The van der Waals surface area contributed by atoms with Crippen LogP contribution in [-0.2, 0) is 14.2 Å². The van der Waals surface area contributed by atoms with E-state index in [1.54, 1.807) is 6.07 Å². The van der Waals surface area contributed by atoms with Crippen LogP contribution in [-0.4, -0.2) is 38.9 Å². The minimum absolute atomic E-state index is 0.495. The quantitative estimate of drug-likeness (QED) is 0.383. The molecule has 0 aromatic heterocycles. The number of hydrogen-bond donors (Lipinski definition) is 0. The summed E-state index contributed by atoms with van der Waals surface area (Å²) in [7, 11) is 0. The van der Waals surface area contributed by atoms with Crippen LogP contribution in [0, 0.1) is 5.39 Å². The van der Waals surface area contributed by atoms with Gasteiger partial charge < -0.3 is 19.1 Å². The van der Waals surface area contributed by atoms with Gasteiger partial charge in [0.25, 0.3) is 0 Å². The molecule has 0 bridgehead atoms. The van der Waals surface area contributed by atoms with Crippen molar-refractivity contribution in [3.63, 3.8) is 0 Å². The SMILES string of the molecule is CCCCOC1(OCCCC)CN(c2cccc([N+]#N)c2)CCO1. The minimum Gasteiger partial charge on any atom is -0.361 e. The van der Waals surface area contributed by atoms with E-state index < -0.39 is 5.97 Å². The van der Waals surface area contributed by atoms with Crippen molar-refractivity contribution in [3.8, 4) is 0 Å². The molecule has 0 aliphatic carbocycles. The average molecular weight is 334 g/mol. The number of anilines is 1. The molecule has 1 aromatic rings. The first-order valence-electron chi connectivity index (χ1n) is 8.85. The monoisotopic (exact) mass is 334 g/mol. The van der Waals surface area contributed by atoms with Crippen molar-refractivity contribution in [2.75, 3.05) is 37.8 Å². The molecule has 0 N–H and O–H groups in total. The van der Waals surface area contributed by atoms with Gasteiger partial charge in [0, 0.05) is 18.3 Å². The number of rotatable bonds is 9. The standard InChI is InChI=1S/C18H28N3O3/c1-3-5-11-22-18(23-12-6-4-2)15-21(10-13-24-18)17-9-7-8-16(14-17)20-19/h7-9,14H,3-6,10-13,15H2,1-2H3/q+1. The van der Waals surface area contributed by atoms with Gasteiger partial charge in [-0.15, -0.1) is 0 Å². The number of morpholine rings is 1. The smallest absolute Gasteiger partial charge is 0.361 e. The summed E-state index contributed by atoms with van der Waals surface area (Å²) in [6.07, 6.45) is 4.08. The lowest BCUT2D eigenvalue weighted by molar-refractivity contribution is -0.380. The van der Waals surface area contributed by atoms with E-state index in [9.17, 15) is 0 Å². The minimum atomic E-state index is -1.02. The molecule has 24 heavy (non-hydrogen) atoms. The zero-order valence-electron chi connectivity index (χ0n) is 14.7. The molecule has 1 saturated heterocycles. The number of unbranched alkanes of at least 4 members (excludes halogenated alkanes) is 2. The maximum atomic E-state index is 8.98. The molecule has 2 rings (SSSR count). The van der Waals surface area contributed by atoms with Gasteiger partial charge in [0.2, 0.25) is 5.39 Å². The van der Waals surface area contributed by atoms with Gasteiger partial charge in [-0.1, -0.05) is 32.8 Å². The summed E-state index contributed by atoms with van der Waals surface area (Å²) in [6.45, 7) is 7.25. The highest BCUT2D eigenvalue weighted by Gasteiger charge is 2.39. The van der Waals surface area contributed by atoms with Crippen molar-refractivity contribution in [3.05, 3.63) is 29.2 Å². The van der Waals surface area contributed by atoms with Crippen LogP contribution in [0.25, 0.3) is 4.98 Å². The number of benzene rings is 1. The molecule has 0 saturated carbocycles. The van der Waals surface area contributed by atoms with Gasteiger partial charge in [0.05, 0.1) is 25.9 Å². The first-order chi connectivity index (χ1) is 11.7. The molecule has 6 heteroatoms. The highest BCUT2D eigenvalue weighted by Crippen LogP contribution is 2.28. The second kappa shape index (κ2) is 9.58. The Bertz CT molecular complexity index is 535. The Balaban J connectivity index is 2.10. The summed E-state index contributed by atoms with van der Waals surface area (Å²) >= 11 is 0. The Morgan fingerprint density at radius 2 is 1.92 bits per heavy atom. The van der Waals surface area contributed by atoms with Gasteiger partial charge >= 0.3 is 11.7 Å². The predicted octanol–water partition coefficient (Wildman–Crippen LogP) is 4.29. The number of nitrogens with zero attached hydrogens (tertiary/aromatic N) is 3. The van der Waals surface area contributed by atoms with Gasteiger partial charge in [-0.25, -0.2) is 0 Å². The van der Waals surface area contributed by atoms with Crippen LogP contribution in [0.3, 0.4) is 0 Å². The normalized spacial score (nSPS) is 16.8. The Morgan fingerprint density at radius 3 is 2.54 bits per heavy atom. The summed E-state index contributed by atoms with van der Waals surface area (Å²) in [5.74, 6) is -1.02. The van der Waals surface area contributed by atoms with E-state index in [1.165, 1.54) is 0 Å². The Kier molecular flexibility index (Phi) is 7.44. The fourth-order valence-electron chi connectivity index (χ4n) is 2.60. The van der Waals surface area contributed by atoms with E-state index in [0.29, 0.717) is 32.1 Å². The predicted molar refractivity (Wildman–Crippen MR) is 93.8 cm³/mol. The third-order valence-corrected chi connectivity index (χ3v) is 4.02. The van der Waals surface area contributed by atoms with Crippen LogP contribution in [0.1, 0.15) is 39.5 Å². The Hall–Kier alpha value is -1.68. The molecule has 132 valence electrons. The van der Waals surface area contributed by atoms with Crippen molar-refractivity contribution < 1.29 is 14.2 Å². The maximum Gasteiger partial charge on any atom is 0.387 e. The average Bonchev–Trinajstić information content (AvgIpc) is 2.62. The van der Waals surface area contributed by atoms with E-state index in [0.717, 1.165) is 37.9 Å². The highest BCUT2D eigenvalue weighted by molar-refractivity contribution is 5.58. The van der Waals surface area contributed by atoms with Crippen molar-refractivity contribution in [1.82, 2.24) is 0 Å². The van der Waals surface area contributed by atoms with Crippen LogP contribution in [0.15, 0.2) is 24.3 Å². The second-order valence-corrected chi connectivity index (χ2v) is 5.98. The molecule has 0 amide bonds. The maximum absolute atomic E-state index is 8.98. The lowest BCUT2D eigenvalue weighted by atomic mass is 10.2. The lowest BCUT2D eigenvalue weighted by Crippen LogP contribution is -2.55. The Morgan fingerprint density at radius 1 is 1.21 bits per heavy atom. The first kappa shape index (κ1) is 18.7. The highest BCUT2D eigenvalue weighted by atomic mass is 16.9. The fourth-order valence-corrected chi connectivity index (χ4v) is 2.60. The van der Waals surface area contributed by atoms with E-state index >= 15 is 0 Å². The lowest BCUT2D eigenvalue weighted by Gasteiger charge is -2.42. The molecule has 1 aromatic carbocycles. The summed E-state index contributed by atoms with van der Waals surface area (Å²) in [4.78, 5) is 5.41. The molecule has 0 spiro atoms. The number of diazo groups is 1. The molecule has 0 radical (unpaired) electrons. The van der Waals surface area contributed by atoms with Gasteiger partial charge in [-0.3, -0.25) is 0 Å². The second-order valence-electron chi connectivity index (χ2n) is 5.98. The van der Waals surface area contributed by atoms with Gasteiger partial charge in [0.15, 0.2) is 4.98 Å². The molecular weight excluding hydrogens is 306 g/mol. The molecule has 0 unspecified atom stereocenters. The van der Waals surface area contributed by atoms with Crippen molar-refractivity contribution >= 4 is 11.4 Å². The topological polar surface area (TPSA) is 59.1 Å². The van der Waals surface area contributed by atoms with Crippen LogP contribution >= 0.6 is 0 Å². The largest absolute Gasteiger partial charge is 0.387 e. The molecule has 1 aliphatic heterocycles. The van der Waals surface area contributed by atoms with Crippen LogP contribution < -0.4 is 4.90 Å². The van der Waals surface area contributed by atoms with E-state index in [1.807, 2.05) is 18.2 Å². The third-order valence-electron chi connectivity index (χ3n) is 4.02. The molecule has 1 aliphatic rings. The van der Waals surface area contributed by atoms with E-state index in [2.05, 4.69) is 23.7 Å². The molecule has 0 atom stereocenters. The summed E-state index contributed by atoms with van der Waals surface area (Å²) in [6, 6.07) is 7.46. The van der Waals surface area contributed by atoms with Crippen LogP contribution in [0.5, 0.6) is 0 Å². The summed E-state index contributed by atoms with van der Waals surface area (Å²) in [5.41, 5.74) is 1.50. The fraction of sp³-hybridized carbons (Fsp3) is 0.667. The van der Waals surface area contributed by atoms with Gasteiger partial charge in [0.1, 0.15) is 6.54 Å². The number of hydrogen-bond acceptors (Lipinski definition) is 5. The Labute approximate surface area is 144 Å². The molecular formula is C18H28N3O3+. The molecule has 1 heterocycles. The van der Waals surface area contributed by atoms with E-state index in [-0.39, 0.29) is 0 Å². The van der Waals surface area contributed by atoms with Crippen molar-refractivity contribution in [1.29, 1.82) is 5.39 Å². The zero-order chi connectivity index (χ0) is 17.3.